The highest BCUT2D eigenvalue weighted by Gasteiger charge is 2.61. The van der Waals surface area contributed by atoms with Crippen LogP contribution in [0.3, 0.4) is 0 Å². The van der Waals surface area contributed by atoms with Crippen molar-refractivity contribution >= 4 is 39.7 Å². The van der Waals surface area contributed by atoms with Gasteiger partial charge in [-0.05, 0) is 83.1 Å². The Balaban J connectivity index is 1.36. The second-order valence-electron chi connectivity index (χ2n) is 17.4. The topological polar surface area (TPSA) is 158 Å². The lowest BCUT2D eigenvalue weighted by Crippen LogP contribution is -2.48. The van der Waals surface area contributed by atoms with Crippen LogP contribution in [-0.2, 0) is 40.4 Å². The fourth-order valence-corrected chi connectivity index (χ4v) is 9.99. The van der Waals surface area contributed by atoms with E-state index in [0.29, 0.717) is 50.2 Å². The van der Waals surface area contributed by atoms with Gasteiger partial charge < -0.3 is 19.1 Å². The molecule has 55 heavy (non-hydrogen) atoms. The Kier molecular flexibility index (Phi) is 11.7. The first-order valence-electron chi connectivity index (χ1n) is 19.8. The van der Waals surface area contributed by atoms with E-state index in [0.717, 1.165) is 29.5 Å². The molecule has 0 aromatic carbocycles. The van der Waals surface area contributed by atoms with E-state index in [1.165, 1.54) is 0 Å². The summed E-state index contributed by atoms with van der Waals surface area (Å²) in [6.07, 6.45) is 13.2. The second-order valence-corrected chi connectivity index (χ2v) is 19.3. The number of amides is 2. The molecule has 0 bridgehead atoms. The quantitative estimate of drug-likeness (QED) is 0.237. The van der Waals surface area contributed by atoms with Gasteiger partial charge >= 0.3 is 5.97 Å². The Labute approximate surface area is 325 Å². The lowest BCUT2D eigenvalue weighted by atomic mass is 9.79. The van der Waals surface area contributed by atoms with Crippen LogP contribution in [0.2, 0.25) is 0 Å². The zero-order valence-electron chi connectivity index (χ0n) is 33.1. The van der Waals surface area contributed by atoms with Crippen molar-refractivity contribution in [2.24, 2.45) is 29.1 Å². The minimum Gasteiger partial charge on any atom is -0.495 e. The van der Waals surface area contributed by atoms with Crippen molar-refractivity contribution in [1.29, 1.82) is 0 Å². The second kappa shape index (κ2) is 15.9. The standard InChI is InChI=1S/C42H57N3O9S/c1-8-27-17-25(2)11-9-10-12-28-21-42(28,40(49)44-55(50,51)30-14-15-30)22-35(46)34-19-29(24-45(34)39(48)32(27)20-37(47)54-41(4,5)6)53-38-31-16-13-26(3)18-33(31)36(52-7)23-43-38/h10,12-13,16,23,25,27-30,32,34H,3,8-9,11,14-15,17-22,24H2,1-2,4-7H3,(H,44,49)/b12-10-/t25-,27-,28-,29-,32+,34+,42-/m1/s1. The minimum absolute atomic E-state index is 0.0591. The molecule has 1 aromatic heterocycles. The number of nitrogens with one attached hydrogen (secondary N) is 1. The van der Waals surface area contributed by atoms with Crippen LogP contribution in [0, 0.1) is 29.1 Å². The first-order valence-corrected chi connectivity index (χ1v) is 21.3. The molecule has 300 valence electrons. The predicted octanol–water partition coefficient (Wildman–Crippen LogP) is 5.89. The highest BCUT2D eigenvalue weighted by atomic mass is 32.2. The summed E-state index contributed by atoms with van der Waals surface area (Å²) in [4.78, 5) is 63.1. The third-order valence-corrected chi connectivity index (χ3v) is 13.7. The minimum atomic E-state index is -3.85. The molecule has 0 radical (unpaired) electrons. The Bertz CT molecular complexity index is 1880. The molecule has 2 amide bonds. The zero-order valence-corrected chi connectivity index (χ0v) is 33.9. The summed E-state index contributed by atoms with van der Waals surface area (Å²) in [5, 5.41) is -0.598. The maximum absolute atomic E-state index is 15.0. The molecule has 3 heterocycles. The predicted molar refractivity (Wildman–Crippen MR) is 207 cm³/mol. The highest BCUT2D eigenvalue weighted by Crippen LogP contribution is 2.57. The molecule has 13 heteroatoms. The van der Waals surface area contributed by atoms with E-state index in [1.807, 2.05) is 31.2 Å². The SMILES string of the molecule is C=C1C=Cc2c(O[C@@H]3C[C@H]4C(=O)C[C@]5(C(=O)NS(=O)(=O)C6CC6)C[C@H]5/C=C\CC[C@@H](C)C[C@@H](CC)[C@H](CC(=O)OC(C)(C)C)C(=O)N4C3)ncc(OC)c2C1. The third-order valence-electron chi connectivity index (χ3n) is 11.8. The van der Waals surface area contributed by atoms with Gasteiger partial charge in [0.2, 0.25) is 27.7 Å². The van der Waals surface area contributed by atoms with Gasteiger partial charge in [-0.15, -0.1) is 0 Å². The van der Waals surface area contributed by atoms with E-state index in [4.69, 9.17) is 14.2 Å². The summed E-state index contributed by atoms with van der Waals surface area (Å²) >= 11 is 0. The molecule has 6 rings (SSSR count). The van der Waals surface area contributed by atoms with Gasteiger partial charge in [-0.2, -0.15) is 0 Å². The van der Waals surface area contributed by atoms with Crippen molar-refractivity contribution in [3.05, 3.63) is 47.7 Å². The molecule has 3 fully saturated rings. The van der Waals surface area contributed by atoms with Gasteiger partial charge in [-0.1, -0.05) is 50.6 Å². The molecule has 5 aliphatic rings. The number of carbonyl (C=O) groups excluding carboxylic acids is 4. The molecule has 3 aliphatic carbocycles. The Hall–Kier alpha value is -4.00. The van der Waals surface area contributed by atoms with E-state index < -0.39 is 56.2 Å². The molecule has 1 N–H and O–H groups in total. The lowest BCUT2D eigenvalue weighted by molar-refractivity contribution is -0.160. The Morgan fingerprint density at radius 2 is 1.87 bits per heavy atom. The molecular formula is C42H57N3O9S. The van der Waals surface area contributed by atoms with Crippen LogP contribution in [0.1, 0.15) is 110 Å². The Morgan fingerprint density at radius 3 is 2.55 bits per heavy atom. The van der Waals surface area contributed by atoms with Crippen LogP contribution in [-0.4, -0.2) is 78.5 Å². The number of sulfonamides is 1. The third kappa shape index (κ3) is 9.18. The van der Waals surface area contributed by atoms with Crippen LogP contribution >= 0.6 is 0 Å². The summed E-state index contributed by atoms with van der Waals surface area (Å²) < 4.78 is 46.0. The molecule has 7 atom stereocenters. The van der Waals surface area contributed by atoms with Gasteiger partial charge in [0.25, 0.3) is 0 Å². The van der Waals surface area contributed by atoms with E-state index in [9.17, 15) is 27.6 Å². The van der Waals surface area contributed by atoms with Crippen LogP contribution in [0.4, 0.5) is 0 Å². The van der Waals surface area contributed by atoms with Crippen LogP contribution < -0.4 is 14.2 Å². The average Bonchev–Trinajstić information content (AvgIpc) is 4.04. The number of methoxy groups -OCH3 is 1. The summed E-state index contributed by atoms with van der Waals surface area (Å²) in [7, 11) is -2.28. The monoisotopic (exact) mass is 779 g/mol. The number of hydrogen-bond donors (Lipinski definition) is 1. The largest absolute Gasteiger partial charge is 0.495 e. The molecule has 1 saturated heterocycles. The molecular weight excluding hydrogens is 723 g/mol. The van der Waals surface area contributed by atoms with Crippen LogP contribution in [0.15, 0.2) is 36.6 Å². The zero-order chi connectivity index (χ0) is 39.9. The van der Waals surface area contributed by atoms with E-state index in [-0.39, 0.29) is 55.3 Å². The fraction of sp³-hybridized carbons (Fsp3) is 0.643. The summed E-state index contributed by atoms with van der Waals surface area (Å²) in [5.74, 6) is -1.90. The first-order chi connectivity index (χ1) is 25.9. The van der Waals surface area contributed by atoms with Crippen LogP contribution in [0.25, 0.3) is 6.08 Å². The smallest absolute Gasteiger partial charge is 0.307 e. The van der Waals surface area contributed by atoms with E-state index in [2.05, 4.69) is 23.2 Å². The first kappa shape index (κ1) is 40.7. The van der Waals surface area contributed by atoms with Gasteiger partial charge in [0.1, 0.15) is 17.5 Å². The fourth-order valence-electron chi connectivity index (χ4n) is 8.60. The number of Topliss-reactive ketones (excluding diaryl/α,β-unsaturated/α-hetero) is 1. The number of fused-ring (bicyclic) bond motifs is 3. The molecule has 2 saturated carbocycles. The number of hydrogen-bond acceptors (Lipinski definition) is 10. The van der Waals surface area contributed by atoms with Crippen molar-refractivity contribution in [1.82, 2.24) is 14.6 Å². The molecule has 0 unspecified atom stereocenters. The van der Waals surface area contributed by atoms with Gasteiger partial charge in [-0.25, -0.2) is 13.4 Å². The van der Waals surface area contributed by atoms with Gasteiger partial charge in [0, 0.05) is 30.4 Å². The summed E-state index contributed by atoms with van der Waals surface area (Å²) in [6.45, 7) is 13.7. The highest BCUT2D eigenvalue weighted by molar-refractivity contribution is 7.90. The van der Waals surface area contributed by atoms with Gasteiger partial charge in [-0.3, -0.25) is 23.9 Å². The number of allylic oxidation sites excluding steroid dienone is 4. The van der Waals surface area contributed by atoms with Crippen molar-refractivity contribution in [2.75, 3.05) is 13.7 Å². The number of nitrogens with zero attached hydrogens (tertiary/aromatic N) is 2. The number of carbonyl (C=O) groups is 4. The Morgan fingerprint density at radius 1 is 1.13 bits per heavy atom. The average molecular weight is 780 g/mol. The number of rotatable bonds is 9. The summed E-state index contributed by atoms with van der Waals surface area (Å²) in [5.41, 5.74) is 0.509. The molecule has 1 aromatic rings. The number of pyridine rings is 1. The summed E-state index contributed by atoms with van der Waals surface area (Å²) in [6, 6.07) is -0.974. The van der Waals surface area contributed by atoms with E-state index in [1.54, 1.807) is 39.0 Å². The normalized spacial score (nSPS) is 30.6. The number of ether oxygens (including phenoxy) is 3. The van der Waals surface area contributed by atoms with Crippen molar-refractivity contribution in [3.63, 3.8) is 0 Å². The van der Waals surface area contributed by atoms with E-state index >= 15 is 0 Å². The van der Waals surface area contributed by atoms with Gasteiger partial charge in [0.15, 0.2) is 5.78 Å². The van der Waals surface area contributed by atoms with Crippen LogP contribution in [0.5, 0.6) is 11.6 Å². The van der Waals surface area contributed by atoms with Crippen molar-refractivity contribution in [3.8, 4) is 11.6 Å². The number of esters is 1. The lowest BCUT2D eigenvalue weighted by Gasteiger charge is -2.33. The maximum atomic E-state index is 15.0. The number of ketones is 1. The van der Waals surface area contributed by atoms with Gasteiger partial charge in [0.05, 0.1) is 48.9 Å². The maximum Gasteiger partial charge on any atom is 0.307 e. The number of aromatic nitrogens is 1. The van der Waals surface area contributed by atoms with Crippen molar-refractivity contribution < 1.29 is 41.8 Å². The molecule has 12 nitrogen and oxygen atoms in total. The van der Waals surface area contributed by atoms with Crippen molar-refractivity contribution in [2.45, 2.75) is 128 Å². The molecule has 2 aliphatic heterocycles. The molecule has 0 spiro atoms.